The van der Waals surface area contributed by atoms with Gasteiger partial charge in [-0.05, 0) is 56.2 Å². The van der Waals surface area contributed by atoms with E-state index >= 15 is 0 Å². The van der Waals surface area contributed by atoms with Crippen molar-refractivity contribution in [1.82, 2.24) is 25.3 Å². The van der Waals surface area contributed by atoms with Gasteiger partial charge in [0, 0.05) is 17.8 Å². The van der Waals surface area contributed by atoms with Gasteiger partial charge >= 0.3 is 0 Å². The Kier molecular flexibility index (Phi) is 4.80. The maximum absolute atomic E-state index is 12.3. The molecule has 0 radical (unpaired) electrons. The number of aromatic nitrogens is 4. The van der Waals surface area contributed by atoms with E-state index < -0.39 is 0 Å². The number of amides is 1. The van der Waals surface area contributed by atoms with Gasteiger partial charge in [-0.2, -0.15) is 10.2 Å². The number of furan rings is 1. The Bertz CT molecular complexity index is 1070. The first-order valence-electron chi connectivity index (χ1n) is 9.09. The van der Waals surface area contributed by atoms with Crippen LogP contribution in [0.3, 0.4) is 0 Å². The van der Waals surface area contributed by atoms with Crippen LogP contribution >= 0.6 is 0 Å². The van der Waals surface area contributed by atoms with Crippen LogP contribution in [0.2, 0.25) is 0 Å². The molecule has 7 heteroatoms. The fourth-order valence-corrected chi connectivity index (χ4v) is 3.11. The maximum atomic E-state index is 12.3. The predicted molar refractivity (Wildman–Crippen MR) is 105 cm³/mol. The number of nitrogens with zero attached hydrogens (tertiary/aromatic N) is 3. The molecule has 0 aliphatic rings. The van der Waals surface area contributed by atoms with E-state index in [4.69, 9.17) is 4.42 Å². The third-order valence-electron chi connectivity index (χ3n) is 4.53. The first kappa shape index (κ1) is 17.8. The zero-order valence-corrected chi connectivity index (χ0v) is 15.8. The quantitative estimate of drug-likeness (QED) is 0.540. The summed E-state index contributed by atoms with van der Waals surface area (Å²) in [7, 11) is 0. The van der Waals surface area contributed by atoms with E-state index in [0.717, 1.165) is 34.6 Å². The van der Waals surface area contributed by atoms with Crippen LogP contribution in [0.15, 0.2) is 59.4 Å². The second kappa shape index (κ2) is 7.56. The minimum atomic E-state index is -0.179. The number of H-pyrrole nitrogens is 1. The zero-order chi connectivity index (χ0) is 19.5. The second-order valence-electron chi connectivity index (χ2n) is 6.69. The van der Waals surface area contributed by atoms with E-state index in [9.17, 15) is 4.79 Å². The number of nitrogens with one attached hydrogen (secondary N) is 2. The highest BCUT2D eigenvalue weighted by Gasteiger charge is 2.11. The first-order chi connectivity index (χ1) is 13.6. The Morgan fingerprint density at radius 2 is 2.00 bits per heavy atom. The Morgan fingerprint density at radius 1 is 1.18 bits per heavy atom. The number of hydrogen-bond acceptors (Lipinski definition) is 4. The molecule has 0 aliphatic carbocycles. The van der Waals surface area contributed by atoms with Crippen LogP contribution in [0.1, 0.15) is 27.4 Å². The van der Waals surface area contributed by atoms with E-state index in [1.807, 2.05) is 30.7 Å². The topological polar surface area (TPSA) is 88.7 Å². The van der Waals surface area contributed by atoms with Gasteiger partial charge in [0.15, 0.2) is 0 Å². The molecule has 0 bridgehead atoms. The number of aryl methyl sites for hydroxylation is 2. The smallest absolute Gasteiger partial charge is 0.269 e. The summed E-state index contributed by atoms with van der Waals surface area (Å²) in [5.41, 5.74) is 6.22. The number of aromatic amines is 1. The van der Waals surface area contributed by atoms with Crippen LogP contribution in [-0.2, 0) is 6.42 Å². The lowest BCUT2D eigenvalue weighted by Gasteiger charge is -2.07. The van der Waals surface area contributed by atoms with Gasteiger partial charge in [-0.1, -0.05) is 12.1 Å². The molecule has 1 amide bonds. The number of rotatable bonds is 6. The fraction of sp³-hybridized carbons (Fsp3) is 0.190. The Labute approximate surface area is 162 Å². The normalized spacial score (nSPS) is 10.9. The van der Waals surface area contributed by atoms with E-state index in [-0.39, 0.29) is 5.91 Å². The highest BCUT2D eigenvalue weighted by molar-refractivity contribution is 5.93. The summed E-state index contributed by atoms with van der Waals surface area (Å²) in [6.07, 6.45) is 3.91. The number of carbonyl (C=O) groups excluding carboxylic acids is 1. The van der Waals surface area contributed by atoms with Crippen molar-refractivity contribution in [2.75, 3.05) is 6.54 Å². The minimum Gasteiger partial charge on any atom is -0.472 e. The maximum Gasteiger partial charge on any atom is 0.269 e. The largest absolute Gasteiger partial charge is 0.472 e. The molecule has 0 fully saturated rings. The van der Waals surface area contributed by atoms with Crippen molar-refractivity contribution in [3.63, 3.8) is 0 Å². The molecular formula is C21H21N5O2. The Hall–Kier alpha value is -3.61. The molecule has 0 unspecified atom stereocenters. The third-order valence-corrected chi connectivity index (χ3v) is 4.53. The summed E-state index contributed by atoms with van der Waals surface area (Å²) >= 11 is 0. The number of benzene rings is 1. The highest BCUT2D eigenvalue weighted by Crippen LogP contribution is 2.17. The van der Waals surface area contributed by atoms with Crippen molar-refractivity contribution in [3.05, 3.63) is 77.6 Å². The lowest BCUT2D eigenvalue weighted by molar-refractivity contribution is 0.0949. The SMILES string of the molecule is Cc1cc(C)n(-c2ccc(CCNC(=O)c3cc(-c4ccoc4)n[nH]3)cc2)n1. The van der Waals surface area contributed by atoms with Gasteiger partial charge in [-0.15, -0.1) is 0 Å². The second-order valence-corrected chi connectivity index (χ2v) is 6.69. The van der Waals surface area contributed by atoms with Gasteiger partial charge < -0.3 is 9.73 Å². The molecular weight excluding hydrogens is 354 g/mol. The van der Waals surface area contributed by atoms with Crippen molar-refractivity contribution in [2.45, 2.75) is 20.3 Å². The van der Waals surface area contributed by atoms with Gasteiger partial charge in [0.2, 0.25) is 0 Å². The van der Waals surface area contributed by atoms with Gasteiger partial charge in [-0.3, -0.25) is 9.89 Å². The van der Waals surface area contributed by atoms with E-state index in [1.165, 1.54) is 0 Å². The molecule has 4 aromatic rings. The monoisotopic (exact) mass is 375 g/mol. The van der Waals surface area contributed by atoms with Crippen LogP contribution in [-0.4, -0.2) is 32.4 Å². The van der Waals surface area contributed by atoms with Crippen LogP contribution in [0.4, 0.5) is 0 Å². The van der Waals surface area contributed by atoms with Gasteiger partial charge in [0.25, 0.3) is 5.91 Å². The molecule has 0 saturated heterocycles. The molecule has 28 heavy (non-hydrogen) atoms. The number of carbonyl (C=O) groups is 1. The molecule has 0 saturated carbocycles. The fourth-order valence-electron chi connectivity index (χ4n) is 3.11. The predicted octanol–water partition coefficient (Wildman–Crippen LogP) is 3.44. The van der Waals surface area contributed by atoms with Crippen molar-refractivity contribution >= 4 is 5.91 Å². The summed E-state index contributed by atoms with van der Waals surface area (Å²) < 4.78 is 6.96. The van der Waals surface area contributed by atoms with Crippen molar-refractivity contribution in [3.8, 4) is 16.9 Å². The standard InChI is InChI=1S/C21H21N5O2/c1-14-11-15(2)26(25-14)18-5-3-16(4-6-18)7-9-22-21(27)20-12-19(23-24-20)17-8-10-28-13-17/h3-6,8,10-13H,7,9H2,1-2H3,(H,22,27)(H,23,24). The number of hydrogen-bond donors (Lipinski definition) is 2. The average molecular weight is 375 g/mol. The molecule has 3 aromatic heterocycles. The van der Waals surface area contributed by atoms with Gasteiger partial charge in [0.05, 0.1) is 29.6 Å². The van der Waals surface area contributed by atoms with Crippen LogP contribution in [0.5, 0.6) is 0 Å². The summed E-state index contributed by atoms with van der Waals surface area (Å²) in [6.45, 7) is 4.56. The van der Waals surface area contributed by atoms with Gasteiger partial charge in [-0.25, -0.2) is 4.68 Å². The van der Waals surface area contributed by atoms with Crippen molar-refractivity contribution < 1.29 is 9.21 Å². The lowest BCUT2D eigenvalue weighted by atomic mass is 10.1. The summed E-state index contributed by atoms with van der Waals surface area (Å²) in [4.78, 5) is 12.3. The molecule has 142 valence electrons. The Morgan fingerprint density at radius 3 is 2.68 bits per heavy atom. The zero-order valence-electron chi connectivity index (χ0n) is 15.8. The highest BCUT2D eigenvalue weighted by atomic mass is 16.3. The molecule has 7 nitrogen and oxygen atoms in total. The molecule has 1 aromatic carbocycles. The molecule has 0 aliphatic heterocycles. The van der Waals surface area contributed by atoms with Crippen LogP contribution in [0.25, 0.3) is 16.9 Å². The summed E-state index contributed by atoms with van der Waals surface area (Å²) in [6, 6.07) is 13.8. The van der Waals surface area contributed by atoms with E-state index in [2.05, 4.69) is 38.8 Å². The van der Waals surface area contributed by atoms with Crippen LogP contribution < -0.4 is 5.32 Å². The third kappa shape index (κ3) is 3.73. The van der Waals surface area contributed by atoms with E-state index in [1.54, 1.807) is 24.7 Å². The Balaban J connectivity index is 1.32. The molecule has 3 heterocycles. The van der Waals surface area contributed by atoms with Crippen molar-refractivity contribution in [2.24, 2.45) is 0 Å². The molecule has 4 rings (SSSR count). The van der Waals surface area contributed by atoms with Gasteiger partial charge in [0.1, 0.15) is 5.69 Å². The van der Waals surface area contributed by atoms with Crippen LogP contribution in [0, 0.1) is 13.8 Å². The molecule has 2 N–H and O–H groups in total. The lowest BCUT2D eigenvalue weighted by Crippen LogP contribution is -2.26. The average Bonchev–Trinajstić information content (AvgIpc) is 3.42. The summed E-state index contributed by atoms with van der Waals surface area (Å²) in [5, 5.41) is 14.3. The molecule has 0 atom stereocenters. The first-order valence-corrected chi connectivity index (χ1v) is 9.09. The molecule has 0 spiro atoms. The minimum absolute atomic E-state index is 0.179. The van der Waals surface area contributed by atoms with E-state index in [0.29, 0.717) is 17.9 Å². The van der Waals surface area contributed by atoms with Crippen molar-refractivity contribution in [1.29, 1.82) is 0 Å². The summed E-state index contributed by atoms with van der Waals surface area (Å²) in [5.74, 6) is -0.179.